The fourth-order valence-electron chi connectivity index (χ4n) is 1.21. The van der Waals surface area contributed by atoms with Crippen LogP contribution in [-0.2, 0) is 0 Å². The molecule has 0 saturated heterocycles. The second-order valence-electron chi connectivity index (χ2n) is 2.91. The minimum Gasteiger partial charge on any atom is -0.394 e. The van der Waals surface area contributed by atoms with Crippen molar-refractivity contribution in [3.63, 3.8) is 0 Å². The molecule has 0 fully saturated rings. The van der Waals surface area contributed by atoms with Gasteiger partial charge >= 0.3 is 0 Å². The van der Waals surface area contributed by atoms with E-state index in [0.717, 1.165) is 6.54 Å². The summed E-state index contributed by atoms with van der Waals surface area (Å²) >= 11 is 5.68. The summed E-state index contributed by atoms with van der Waals surface area (Å²) in [6, 6.07) is 2.08. The van der Waals surface area contributed by atoms with Gasteiger partial charge in [0, 0.05) is 13.1 Å². The number of hydrogen-bond acceptors (Lipinski definition) is 5. The van der Waals surface area contributed by atoms with Gasteiger partial charge < -0.3 is 10.6 Å². The Morgan fingerprint density at radius 3 is 3.00 bits per heavy atom. The van der Waals surface area contributed by atoms with Crippen molar-refractivity contribution in [3.8, 4) is 6.07 Å². The maximum atomic E-state index is 8.51. The van der Waals surface area contributed by atoms with E-state index < -0.39 is 0 Å². The molecule has 6 heteroatoms. The summed E-state index contributed by atoms with van der Waals surface area (Å²) in [7, 11) is 0. The molecular weight excluding hydrogens is 214 g/mol. The quantitative estimate of drug-likeness (QED) is 0.785. The number of nitrogens with two attached hydrogens (primary N) is 1. The van der Waals surface area contributed by atoms with Crippen molar-refractivity contribution in [3.05, 3.63) is 11.5 Å². The molecule has 0 atom stereocenters. The van der Waals surface area contributed by atoms with Gasteiger partial charge in [0.2, 0.25) is 5.28 Å². The van der Waals surface area contributed by atoms with Crippen LogP contribution in [0.4, 0.5) is 11.5 Å². The van der Waals surface area contributed by atoms with Crippen LogP contribution in [0.5, 0.6) is 0 Å². The summed E-state index contributed by atoms with van der Waals surface area (Å²) in [6.07, 6.45) is 1.90. The zero-order valence-electron chi connectivity index (χ0n) is 8.44. The Balaban J connectivity index is 2.91. The molecule has 1 rings (SSSR count). The summed E-state index contributed by atoms with van der Waals surface area (Å²) in [5.41, 5.74) is 6.20. The van der Waals surface area contributed by atoms with E-state index in [1.54, 1.807) is 0 Å². The fraction of sp³-hybridized carbons (Fsp3) is 0.444. The van der Waals surface area contributed by atoms with E-state index in [1.807, 2.05) is 11.8 Å². The Hall–Kier alpha value is -1.54. The number of aromatic nitrogens is 2. The minimum atomic E-state index is 0.162. The van der Waals surface area contributed by atoms with Crippen molar-refractivity contribution >= 4 is 23.1 Å². The first-order chi connectivity index (χ1) is 7.19. The van der Waals surface area contributed by atoms with Gasteiger partial charge in [-0.15, -0.1) is 0 Å². The molecule has 1 aromatic heterocycles. The lowest BCUT2D eigenvalue weighted by Crippen LogP contribution is -2.25. The summed E-state index contributed by atoms with van der Waals surface area (Å²) < 4.78 is 0. The van der Waals surface area contributed by atoms with Crippen LogP contribution >= 0.6 is 11.6 Å². The molecule has 0 unspecified atom stereocenters. The predicted molar refractivity (Wildman–Crippen MR) is 59.6 cm³/mol. The molecule has 0 radical (unpaired) electrons. The van der Waals surface area contributed by atoms with E-state index >= 15 is 0 Å². The number of rotatable bonds is 4. The molecule has 1 heterocycles. The Morgan fingerprint density at radius 2 is 2.40 bits per heavy atom. The smallest absolute Gasteiger partial charge is 0.224 e. The third-order valence-electron chi connectivity index (χ3n) is 1.94. The van der Waals surface area contributed by atoms with Crippen LogP contribution in [-0.4, -0.2) is 23.1 Å². The molecule has 1 aromatic rings. The van der Waals surface area contributed by atoms with Crippen LogP contribution in [0.2, 0.25) is 5.28 Å². The zero-order valence-corrected chi connectivity index (χ0v) is 9.20. The first-order valence-corrected chi connectivity index (χ1v) is 4.96. The third-order valence-corrected chi connectivity index (χ3v) is 2.12. The number of anilines is 2. The topological polar surface area (TPSA) is 78.8 Å². The van der Waals surface area contributed by atoms with Crippen LogP contribution in [0.3, 0.4) is 0 Å². The lowest BCUT2D eigenvalue weighted by Gasteiger charge is -2.21. The normalized spacial score (nSPS) is 9.67. The second kappa shape index (κ2) is 5.37. The van der Waals surface area contributed by atoms with Crippen LogP contribution in [0.15, 0.2) is 6.20 Å². The number of nitrogen functional groups attached to an aromatic ring is 1. The van der Waals surface area contributed by atoms with Gasteiger partial charge in [-0.25, -0.2) is 4.98 Å². The summed E-state index contributed by atoms with van der Waals surface area (Å²) in [5, 5.41) is 8.68. The van der Waals surface area contributed by atoms with Gasteiger partial charge in [-0.3, -0.25) is 0 Å². The van der Waals surface area contributed by atoms with Crippen molar-refractivity contribution in [2.24, 2.45) is 0 Å². The van der Waals surface area contributed by atoms with Crippen molar-refractivity contribution in [2.45, 2.75) is 13.3 Å². The number of nitriles is 1. The lowest BCUT2D eigenvalue weighted by molar-refractivity contribution is 0.809. The fourth-order valence-corrected chi connectivity index (χ4v) is 1.34. The summed E-state index contributed by atoms with van der Waals surface area (Å²) in [6.45, 7) is 3.27. The van der Waals surface area contributed by atoms with Gasteiger partial charge in [-0.05, 0) is 18.5 Å². The molecule has 0 spiro atoms. The van der Waals surface area contributed by atoms with Crippen molar-refractivity contribution in [1.82, 2.24) is 9.97 Å². The molecule has 5 nitrogen and oxygen atoms in total. The molecule has 0 amide bonds. The largest absolute Gasteiger partial charge is 0.394 e. The van der Waals surface area contributed by atoms with Crippen molar-refractivity contribution in [2.75, 3.05) is 23.7 Å². The maximum absolute atomic E-state index is 8.51. The van der Waals surface area contributed by atoms with Gasteiger partial charge in [0.15, 0.2) is 5.82 Å². The molecule has 2 N–H and O–H groups in total. The number of halogens is 1. The SMILES string of the molecule is CCN(CCC#N)c1nc(Cl)ncc1N. The first kappa shape index (κ1) is 11.5. The number of nitrogens with zero attached hydrogens (tertiary/aromatic N) is 4. The summed E-state index contributed by atoms with van der Waals surface area (Å²) in [4.78, 5) is 9.71. The third kappa shape index (κ3) is 2.96. The van der Waals surface area contributed by atoms with Gasteiger partial charge in [0.05, 0.1) is 24.4 Å². The molecule has 0 aliphatic heterocycles. The molecule has 0 aliphatic carbocycles. The van der Waals surface area contributed by atoms with E-state index in [9.17, 15) is 0 Å². The maximum Gasteiger partial charge on any atom is 0.224 e. The number of hydrogen-bond donors (Lipinski definition) is 1. The molecular formula is C9H12ClN5. The predicted octanol–water partition coefficient (Wildman–Crippen LogP) is 1.45. The second-order valence-corrected chi connectivity index (χ2v) is 3.24. The monoisotopic (exact) mass is 225 g/mol. The Morgan fingerprint density at radius 1 is 1.67 bits per heavy atom. The van der Waals surface area contributed by atoms with Crippen molar-refractivity contribution < 1.29 is 0 Å². The standard InChI is InChI=1S/C9H12ClN5/c1-2-15(5-3-4-11)8-7(12)6-13-9(10)14-8/h6H,2-3,5,12H2,1H3. The van der Waals surface area contributed by atoms with Crippen LogP contribution in [0, 0.1) is 11.3 Å². The van der Waals surface area contributed by atoms with Crippen LogP contribution < -0.4 is 10.6 Å². The average molecular weight is 226 g/mol. The van der Waals surface area contributed by atoms with Gasteiger partial charge in [-0.1, -0.05) is 0 Å². The van der Waals surface area contributed by atoms with E-state index in [-0.39, 0.29) is 5.28 Å². The highest BCUT2D eigenvalue weighted by Gasteiger charge is 2.10. The summed E-state index contributed by atoms with van der Waals surface area (Å²) in [5.74, 6) is 0.591. The molecule has 80 valence electrons. The van der Waals surface area contributed by atoms with Crippen LogP contribution in [0.1, 0.15) is 13.3 Å². The molecule has 0 saturated carbocycles. The highest BCUT2D eigenvalue weighted by Crippen LogP contribution is 2.20. The van der Waals surface area contributed by atoms with E-state index in [2.05, 4.69) is 16.0 Å². The van der Waals surface area contributed by atoms with Gasteiger partial charge in [-0.2, -0.15) is 10.2 Å². The minimum absolute atomic E-state index is 0.162. The van der Waals surface area contributed by atoms with Gasteiger partial charge in [0.25, 0.3) is 0 Å². The van der Waals surface area contributed by atoms with Crippen molar-refractivity contribution in [1.29, 1.82) is 5.26 Å². The van der Waals surface area contributed by atoms with Gasteiger partial charge in [0.1, 0.15) is 0 Å². The molecule has 0 bridgehead atoms. The van der Waals surface area contributed by atoms with E-state index in [0.29, 0.717) is 24.5 Å². The molecule has 0 aromatic carbocycles. The highest BCUT2D eigenvalue weighted by atomic mass is 35.5. The highest BCUT2D eigenvalue weighted by molar-refractivity contribution is 6.28. The van der Waals surface area contributed by atoms with E-state index in [1.165, 1.54) is 6.20 Å². The first-order valence-electron chi connectivity index (χ1n) is 4.59. The Bertz CT molecular complexity index is 373. The Labute approximate surface area is 93.5 Å². The lowest BCUT2D eigenvalue weighted by atomic mass is 10.3. The molecule has 15 heavy (non-hydrogen) atoms. The molecule has 0 aliphatic rings. The average Bonchev–Trinajstić information content (AvgIpc) is 2.24. The zero-order chi connectivity index (χ0) is 11.3. The Kier molecular flexibility index (Phi) is 4.13. The van der Waals surface area contributed by atoms with Crippen LogP contribution in [0.25, 0.3) is 0 Å². The van der Waals surface area contributed by atoms with E-state index in [4.69, 9.17) is 22.6 Å².